The third-order valence-electron chi connectivity index (χ3n) is 3.85. The third kappa shape index (κ3) is 2.24. The SMILES string of the molecule is Cc1ccc2c(c1)nc(C)n2[C@@H]1CCN(Cl)C[C@@H]1O. The molecule has 1 aromatic heterocycles. The standard InChI is InChI=1S/C14H18ClN3O/c1-9-3-4-12-11(7-9)16-10(2)18(12)13-5-6-17(15)8-14(13)19/h3-4,7,13-14,19H,5-6,8H2,1-2H3/t13-,14+/m1/s1. The van der Waals surface area contributed by atoms with Crippen LogP contribution in [-0.4, -0.2) is 38.3 Å². The second-order valence-corrected chi connectivity index (χ2v) is 5.79. The molecule has 4 nitrogen and oxygen atoms in total. The van der Waals surface area contributed by atoms with Gasteiger partial charge in [0.05, 0.1) is 23.2 Å². The number of nitrogens with zero attached hydrogens (tertiary/aromatic N) is 3. The van der Waals surface area contributed by atoms with E-state index in [2.05, 4.69) is 34.7 Å². The number of halogens is 1. The van der Waals surface area contributed by atoms with Crippen molar-refractivity contribution in [2.75, 3.05) is 13.1 Å². The molecule has 0 spiro atoms. The maximum absolute atomic E-state index is 10.3. The minimum Gasteiger partial charge on any atom is -0.390 e. The third-order valence-corrected chi connectivity index (χ3v) is 4.16. The van der Waals surface area contributed by atoms with Crippen LogP contribution in [0.3, 0.4) is 0 Å². The number of imidazole rings is 1. The van der Waals surface area contributed by atoms with E-state index in [1.54, 1.807) is 4.42 Å². The summed E-state index contributed by atoms with van der Waals surface area (Å²) in [6, 6.07) is 6.32. The van der Waals surface area contributed by atoms with Gasteiger partial charge in [-0.25, -0.2) is 9.40 Å². The van der Waals surface area contributed by atoms with Crippen molar-refractivity contribution in [1.82, 2.24) is 14.0 Å². The van der Waals surface area contributed by atoms with Gasteiger partial charge in [-0.3, -0.25) is 0 Å². The smallest absolute Gasteiger partial charge is 0.107 e. The van der Waals surface area contributed by atoms with Crippen LogP contribution in [0, 0.1) is 13.8 Å². The Bertz CT molecular complexity index is 610. The van der Waals surface area contributed by atoms with Crippen molar-refractivity contribution in [2.45, 2.75) is 32.4 Å². The van der Waals surface area contributed by atoms with Gasteiger partial charge in [0.25, 0.3) is 0 Å². The maximum Gasteiger partial charge on any atom is 0.107 e. The first kappa shape index (κ1) is 12.9. The van der Waals surface area contributed by atoms with E-state index in [0.29, 0.717) is 6.54 Å². The monoisotopic (exact) mass is 279 g/mol. The van der Waals surface area contributed by atoms with Crippen molar-refractivity contribution >= 4 is 22.8 Å². The van der Waals surface area contributed by atoms with E-state index in [9.17, 15) is 5.11 Å². The number of aliphatic hydroxyl groups is 1. The molecule has 2 aromatic rings. The minimum atomic E-state index is -0.455. The van der Waals surface area contributed by atoms with Crippen LogP contribution in [0.5, 0.6) is 0 Å². The topological polar surface area (TPSA) is 41.3 Å². The summed E-state index contributed by atoms with van der Waals surface area (Å²) >= 11 is 5.97. The van der Waals surface area contributed by atoms with Crippen LogP contribution in [-0.2, 0) is 0 Å². The Morgan fingerprint density at radius 3 is 2.89 bits per heavy atom. The molecule has 0 amide bonds. The van der Waals surface area contributed by atoms with E-state index in [1.165, 1.54) is 5.56 Å². The molecule has 1 aromatic carbocycles. The second kappa shape index (κ2) is 4.78. The summed E-state index contributed by atoms with van der Waals surface area (Å²) < 4.78 is 3.81. The lowest BCUT2D eigenvalue weighted by Crippen LogP contribution is -2.40. The molecule has 0 aliphatic carbocycles. The highest BCUT2D eigenvalue weighted by molar-refractivity contribution is 6.13. The number of piperidine rings is 1. The van der Waals surface area contributed by atoms with Gasteiger partial charge in [-0.15, -0.1) is 0 Å². The van der Waals surface area contributed by atoms with Crippen molar-refractivity contribution in [3.05, 3.63) is 29.6 Å². The highest BCUT2D eigenvalue weighted by atomic mass is 35.5. The lowest BCUT2D eigenvalue weighted by molar-refractivity contribution is 0.0592. The van der Waals surface area contributed by atoms with E-state index in [0.717, 1.165) is 29.8 Å². The zero-order valence-corrected chi connectivity index (χ0v) is 11.9. The van der Waals surface area contributed by atoms with Crippen LogP contribution in [0.15, 0.2) is 18.2 Å². The number of aromatic nitrogens is 2. The van der Waals surface area contributed by atoms with Gasteiger partial charge < -0.3 is 9.67 Å². The molecule has 0 bridgehead atoms. The number of aliphatic hydroxyl groups excluding tert-OH is 1. The number of hydrogen-bond acceptors (Lipinski definition) is 3. The molecule has 2 atom stereocenters. The predicted molar refractivity (Wildman–Crippen MR) is 76.3 cm³/mol. The van der Waals surface area contributed by atoms with Gasteiger partial charge >= 0.3 is 0 Å². The van der Waals surface area contributed by atoms with Crippen molar-refractivity contribution in [2.24, 2.45) is 0 Å². The summed E-state index contributed by atoms with van der Waals surface area (Å²) in [5.41, 5.74) is 3.29. The average molecular weight is 280 g/mol. The second-order valence-electron chi connectivity index (χ2n) is 5.31. The molecule has 0 unspecified atom stereocenters. The first-order valence-corrected chi connectivity index (χ1v) is 6.94. The Labute approximate surface area is 117 Å². The summed E-state index contributed by atoms with van der Waals surface area (Å²) in [4.78, 5) is 4.61. The molecule has 1 saturated heterocycles. The fraction of sp³-hybridized carbons (Fsp3) is 0.500. The number of hydrogen-bond donors (Lipinski definition) is 1. The van der Waals surface area contributed by atoms with Crippen molar-refractivity contribution in [3.8, 4) is 0 Å². The van der Waals surface area contributed by atoms with Gasteiger partial charge in [-0.2, -0.15) is 0 Å². The molecule has 0 radical (unpaired) electrons. The Balaban J connectivity index is 2.07. The molecule has 2 heterocycles. The highest BCUT2D eigenvalue weighted by Crippen LogP contribution is 2.29. The van der Waals surface area contributed by atoms with E-state index in [4.69, 9.17) is 11.8 Å². The first-order chi connectivity index (χ1) is 9.06. The molecule has 5 heteroatoms. The van der Waals surface area contributed by atoms with Gasteiger partial charge in [-0.05, 0) is 49.7 Å². The van der Waals surface area contributed by atoms with Crippen LogP contribution in [0.25, 0.3) is 11.0 Å². The zero-order valence-electron chi connectivity index (χ0n) is 11.2. The average Bonchev–Trinajstić information content (AvgIpc) is 2.65. The number of benzene rings is 1. The first-order valence-electron chi connectivity index (χ1n) is 6.60. The van der Waals surface area contributed by atoms with E-state index >= 15 is 0 Å². The van der Waals surface area contributed by atoms with Gasteiger partial charge in [0.1, 0.15) is 5.82 Å². The molecule has 1 aliphatic rings. The van der Waals surface area contributed by atoms with Crippen LogP contribution in [0.2, 0.25) is 0 Å². The van der Waals surface area contributed by atoms with Crippen LogP contribution < -0.4 is 0 Å². The molecule has 102 valence electrons. The summed E-state index contributed by atoms with van der Waals surface area (Å²) in [6.45, 7) is 5.34. The fourth-order valence-electron chi connectivity index (χ4n) is 2.93. The fourth-order valence-corrected chi connectivity index (χ4v) is 3.17. The molecule has 1 aliphatic heterocycles. The van der Waals surface area contributed by atoms with E-state index in [-0.39, 0.29) is 6.04 Å². The lowest BCUT2D eigenvalue weighted by atomic mass is 10.0. The summed E-state index contributed by atoms with van der Waals surface area (Å²) in [5.74, 6) is 0.952. The van der Waals surface area contributed by atoms with Gasteiger partial charge in [0, 0.05) is 13.1 Å². The maximum atomic E-state index is 10.3. The predicted octanol–water partition coefficient (Wildman–Crippen LogP) is 2.41. The molecular formula is C14H18ClN3O. The van der Waals surface area contributed by atoms with Gasteiger partial charge in [0.15, 0.2) is 0 Å². The molecule has 3 rings (SSSR count). The molecule has 1 N–H and O–H groups in total. The lowest BCUT2D eigenvalue weighted by Gasteiger charge is -2.33. The zero-order chi connectivity index (χ0) is 13.6. The van der Waals surface area contributed by atoms with Gasteiger partial charge in [-0.1, -0.05) is 6.07 Å². The minimum absolute atomic E-state index is 0.0581. The van der Waals surface area contributed by atoms with E-state index < -0.39 is 6.10 Å². The van der Waals surface area contributed by atoms with Crippen LogP contribution in [0.1, 0.15) is 23.9 Å². The van der Waals surface area contributed by atoms with Crippen LogP contribution in [0.4, 0.5) is 0 Å². The Kier molecular flexibility index (Phi) is 3.25. The quantitative estimate of drug-likeness (QED) is 0.815. The Morgan fingerprint density at radius 2 is 2.16 bits per heavy atom. The number of aryl methyl sites for hydroxylation is 2. The van der Waals surface area contributed by atoms with Crippen LogP contribution >= 0.6 is 11.8 Å². The number of fused-ring (bicyclic) bond motifs is 1. The summed E-state index contributed by atoms with van der Waals surface area (Å²) in [5, 5.41) is 10.3. The number of β-amino-alcohol motifs (C(OH)–C–C–N with tert-alkyl or cyclic N) is 1. The normalized spacial score (nSPS) is 25.1. The van der Waals surface area contributed by atoms with E-state index in [1.807, 2.05) is 6.92 Å². The highest BCUT2D eigenvalue weighted by Gasteiger charge is 2.30. The van der Waals surface area contributed by atoms with Gasteiger partial charge in [0.2, 0.25) is 0 Å². The van der Waals surface area contributed by atoms with Crippen molar-refractivity contribution < 1.29 is 5.11 Å². The Hall–Kier alpha value is -1.10. The number of rotatable bonds is 1. The summed E-state index contributed by atoms with van der Waals surface area (Å²) in [6.07, 6.45) is 0.383. The summed E-state index contributed by atoms with van der Waals surface area (Å²) in [7, 11) is 0. The van der Waals surface area contributed by atoms with Crippen molar-refractivity contribution in [1.29, 1.82) is 0 Å². The largest absolute Gasteiger partial charge is 0.390 e. The Morgan fingerprint density at radius 1 is 1.37 bits per heavy atom. The molecular weight excluding hydrogens is 262 g/mol. The molecule has 19 heavy (non-hydrogen) atoms. The molecule has 1 fully saturated rings. The van der Waals surface area contributed by atoms with Crippen molar-refractivity contribution in [3.63, 3.8) is 0 Å². The molecule has 0 saturated carbocycles.